The Morgan fingerprint density at radius 2 is 2.00 bits per heavy atom. The quantitative estimate of drug-likeness (QED) is 0.781. The van der Waals surface area contributed by atoms with Crippen LogP contribution >= 0.6 is 11.6 Å². The number of nitrogen functional groups attached to an aromatic ring is 1. The van der Waals surface area contributed by atoms with Crippen molar-refractivity contribution in [3.05, 3.63) is 47.5 Å². The van der Waals surface area contributed by atoms with E-state index < -0.39 is 6.30 Å². The van der Waals surface area contributed by atoms with Gasteiger partial charge in [-0.15, -0.1) is 0 Å². The van der Waals surface area contributed by atoms with Gasteiger partial charge in [-0.3, -0.25) is 4.57 Å². The summed E-state index contributed by atoms with van der Waals surface area (Å²) < 4.78 is 15.8. The van der Waals surface area contributed by atoms with Gasteiger partial charge in [0.25, 0.3) is 0 Å². The molecule has 19 heavy (non-hydrogen) atoms. The Morgan fingerprint density at radius 3 is 2.79 bits per heavy atom. The number of nitrogens with zero attached hydrogens (tertiary/aromatic N) is 4. The van der Waals surface area contributed by atoms with Gasteiger partial charge in [-0.1, -0.05) is 29.8 Å². The summed E-state index contributed by atoms with van der Waals surface area (Å²) in [7, 11) is 0. The van der Waals surface area contributed by atoms with Crippen molar-refractivity contribution in [1.29, 1.82) is 0 Å². The lowest BCUT2D eigenvalue weighted by Gasteiger charge is -2.12. The van der Waals surface area contributed by atoms with Crippen LogP contribution in [0.5, 0.6) is 0 Å². The summed E-state index contributed by atoms with van der Waals surface area (Å²) in [5.41, 5.74) is 6.72. The van der Waals surface area contributed by atoms with E-state index in [1.807, 2.05) is 0 Å². The van der Waals surface area contributed by atoms with Crippen LogP contribution in [-0.4, -0.2) is 19.5 Å². The van der Waals surface area contributed by atoms with E-state index in [0.29, 0.717) is 21.7 Å². The predicted octanol–water partition coefficient (Wildman–Crippen LogP) is 2.58. The van der Waals surface area contributed by atoms with Gasteiger partial charge in [0.2, 0.25) is 6.30 Å². The number of nitrogens with two attached hydrogens (primary N) is 1. The lowest BCUT2D eigenvalue weighted by atomic mass is 10.2. The minimum atomic E-state index is -1.48. The summed E-state index contributed by atoms with van der Waals surface area (Å²) in [5.74, 6) is 0.218. The van der Waals surface area contributed by atoms with Gasteiger partial charge in [0, 0.05) is 10.6 Å². The molecule has 0 aliphatic heterocycles. The maximum atomic E-state index is 14.6. The van der Waals surface area contributed by atoms with Gasteiger partial charge in [0.15, 0.2) is 11.5 Å². The van der Waals surface area contributed by atoms with Crippen LogP contribution in [0.2, 0.25) is 5.02 Å². The fourth-order valence-electron chi connectivity index (χ4n) is 1.85. The molecule has 0 aliphatic rings. The van der Waals surface area contributed by atoms with Gasteiger partial charge in [0.1, 0.15) is 11.8 Å². The van der Waals surface area contributed by atoms with E-state index in [0.717, 1.165) is 0 Å². The van der Waals surface area contributed by atoms with E-state index in [4.69, 9.17) is 17.3 Å². The zero-order valence-corrected chi connectivity index (χ0v) is 10.4. The molecule has 1 aromatic carbocycles. The van der Waals surface area contributed by atoms with Gasteiger partial charge >= 0.3 is 0 Å². The number of halogens is 2. The third kappa shape index (κ3) is 1.90. The van der Waals surface area contributed by atoms with Gasteiger partial charge in [-0.2, -0.15) is 0 Å². The van der Waals surface area contributed by atoms with E-state index in [9.17, 15) is 4.39 Å². The molecular weight excluding hydrogens is 269 g/mol. The molecule has 0 radical (unpaired) electrons. The highest BCUT2D eigenvalue weighted by Crippen LogP contribution is 2.29. The average Bonchev–Trinajstić information content (AvgIpc) is 2.84. The van der Waals surface area contributed by atoms with Crippen molar-refractivity contribution in [2.75, 3.05) is 5.73 Å². The number of alkyl halides is 1. The van der Waals surface area contributed by atoms with E-state index in [1.165, 1.54) is 17.2 Å². The molecule has 3 rings (SSSR count). The molecule has 7 heteroatoms. The van der Waals surface area contributed by atoms with Crippen LogP contribution in [0, 0.1) is 0 Å². The molecule has 0 saturated heterocycles. The molecule has 1 unspecified atom stereocenters. The van der Waals surface area contributed by atoms with Crippen LogP contribution in [-0.2, 0) is 0 Å². The van der Waals surface area contributed by atoms with Crippen LogP contribution in [0.1, 0.15) is 11.9 Å². The normalized spacial score (nSPS) is 12.7. The Hall–Kier alpha value is -2.21. The monoisotopic (exact) mass is 277 g/mol. The zero-order chi connectivity index (χ0) is 13.4. The number of aromatic nitrogens is 4. The minimum Gasteiger partial charge on any atom is -0.382 e. The summed E-state index contributed by atoms with van der Waals surface area (Å²) in [5, 5.41) is 0.346. The van der Waals surface area contributed by atoms with Gasteiger partial charge in [0.05, 0.1) is 6.33 Å². The highest BCUT2D eigenvalue weighted by molar-refractivity contribution is 6.31. The number of hydrogen-bond donors (Lipinski definition) is 1. The number of imidazole rings is 1. The van der Waals surface area contributed by atoms with E-state index >= 15 is 0 Å². The molecule has 96 valence electrons. The SMILES string of the molecule is Nc1ncnc2c1ncn2C(F)c1ccccc1Cl. The summed E-state index contributed by atoms with van der Waals surface area (Å²) in [6.45, 7) is 0. The number of hydrogen-bond acceptors (Lipinski definition) is 4. The lowest BCUT2D eigenvalue weighted by Crippen LogP contribution is -2.06. The Labute approximate surface area is 112 Å². The molecule has 0 saturated carbocycles. The largest absolute Gasteiger partial charge is 0.382 e. The van der Waals surface area contributed by atoms with Crippen molar-refractivity contribution in [3.63, 3.8) is 0 Å². The fraction of sp³-hybridized carbons (Fsp3) is 0.0833. The zero-order valence-electron chi connectivity index (χ0n) is 9.66. The lowest BCUT2D eigenvalue weighted by molar-refractivity contribution is 0.300. The highest BCUT2D eigenvalue weighted by Gasteiger charge is 2.19. The Bertz CT molecular complexity index is 742. The van der Waals surface area contributed by atoms with E-state index in [1.54, 1.807) is 24.3 Å². The predicted molar refractivity (Wildman–Crippen MR) is 70.4 cm³/mol. The fourth-order valence-corrected chi connectivity index (χ4v) is 2.08. The van der Waals surface area contributed by atoms with E-state index in [-0.39, 0.29) is 5.82 Å². The molecule has 0 bridgehead atoms. The second-order valence-corrected chi connectivity index (χ2v) is 4.35. The van der Waals surface area contributed by atoms with Crippen molar-refractivity contribution in [2.24, 2.45) is 0 Å². The standard InChI is InChI=1S/C12H9ClFN5/c13-8-4-2-1-3-7(8)10(14)19-6-18-9-11(15)16-5-17-12(9)19/h1-6,10H,(H2,15,16,17). The topological polar surface area (TPSA) is 69.6 Å². The molecule has 1 atom stereocenters. The molecule has 0 spiro atoms. The Kier molecular flexibility index (Phi) is 2.79. The minimum absolute atomic E-state index is 0.218. The third-order valence-corrected chi connectivity index (χ3v) is 3.14. The third-order valence-electron chi connectivity index (χ3n) is 2.79. The average molecular weight is 278 g/mol. The maximum Gasteiger partial charge on any atom is 0.205 e. The van der Waals surface area contributed by atoms with Gasteiger partial charge in [-0.25, -0.2) is 19.3 Å². The summed E-state index contributed by atoms with van der Waals surface area (Å²) in [4.78, 5) is 11.8. The van der Waals surface area contributed by atoms with Crippen molar-refractivity contribution in [3.8, 4) is 0 Å². The first-order valence-corrected chi connectivity index (χ1v) is 5.88. The van der Waals surface area contributed by atoms with E-state index in [2.05, 4.69) is 15.0 Å². The van der Waals surface area contributed by atoms with Crippen LogP contribution in [0.25, 0.3) is 11.2 Å². The molecule has 2 heterocycles. The molecule has 2 N–H and O–H groups in total. The van der Waals surface area contributed by atoms with Crippen molar-refractivity contribution in [1.82, 2.24) is 19.5 Å². The van der Waals surface area contributed by atoms with Crippen LogP contribution in [0.3, 0.4) is 0 Å². The van der Waals surface area contributed by atoms with Gasteiger partial charge in [-0.05, 0) is 6.07 Å². The van der Waals surface area contributed by atoms with Crippen molar-refractivity contribution < 1.29 is 4.39 Å². The molecule has 0 aliphatic carbocycles. The summed E-state index contributed by atoms with van der Waals surface area (Å²) >= 11 is 5.99. The second-order valence-electron chi connectivity index (χ2n) is 3.94. The first kappa shape index (κ1) is 11.9. The van der Waals surface area contributed by atoms with Crippen molar-refractivity contribution in [2.45, 2.75) is 6.30 Å². The summed E-state index contributed by atoms with van der Waals surface area (Å²) in [6, 6.07) is 6.70. The van der Waals surface area contributed by atoms with Crippen molar-refractivity contribution >= 4 is 28.6 Å². The number of fused-ring (bicyclic) bond motifs is 1. The Balaban J connectivity index is 2.15. The molecule has 5 nitrogen and oxygen atoms in total. The number of benzene rings is 1. The van der Waals surface area contributed by atoms with Crippen LogP contribution in [0.15, 0.2) is 36.9 Å². The Morgan fingerprint density at radius 1 is 1.21 bits per heavy atom. The van der Waals surface area contributed by atoms with Crippen LogP contribution < -0.4 is 5.73 Å². The van der Waals surface area contributed by atoms with Crippen LogP contribution in [0.4, 0.5) is 10.2 Å². The number of rotatable bonds is 2. The first-order valence-electron chi connectivity index (χ1n) is 5.50. The summed E-state index contributed by atoms with van der Waals surface area (Å²) in [6.07, 6.45) is 1.13. The molecule has 2 aromatic heterocycles. The molecule has 0 fully saturated rings. The van der Waals surface area contributed by atoms with Gasteiger partial charge < -0.3 is 5.73 Å². The highest BCUT2D eigenvalue weighted by atomic mass is 35.5. The molecular formula is C12H9ClFN5. The maximum absolute atomic E-state index is 14.6. The molecule has 0 amide bonds. The molecule has 3 aromatic rings. The second kappa shape index (κ2) is 4.47. The smallest absolute Gasteiger partial charge is 0.205 e. The first-order chi connectivity index (χ1) is 9.18. The number of anilines is 1.